The number of amides is 1. The van der Waals surface area contributed by atoms with Crippen molar-refractivity contribution in [1.29, 1.82) is 0 Å². The number of aromatic nitrogens is 1. The van der Waals surface area contributed by atoms with Crippen LogP contribution in [-0.2, 0) is 4.74 Å². The second kappa shape index (κ2) is 7.42. The number of carbonyl (C=O) groups excluding carboxylic acids is 1. The van der Waals surface area contributed by atoms with Crippen LogP contribution in [0.25, 0.3) is 0 Å². The minimum Gasteiger partial charge on any atom is -0.379 e. The first-order chi connectivity index (χ1) is 11.9. The number of pyridine rings is 1. The molecule has 1 aliphatic heterocycles. The zero-order valence-corrected chi connectivity index (χ0v) is 16.0. The van der Waals surface area contributed by atoms with E-state index in [2.05, 4.69) is 23.7 Å². The Kier molecular flexibility index (Phi) is 5.44. The van der Waals surface area contributed by atoms with Gasteiger partial charge in [-0.15, -0.1) is 0 Å². The predicted molar refractivity (Wildman–Crippen MR) is 98.9 cm³/mol. The van der Waals surface area contributed by atoms with E-state index in [1.54, 1.807) is 0 Å². The van der Waals surface area contributed by atoms with Crippen molar-refractivity contribution in [3.63, 3.8) is 0 Å². The van der Waals surface area contributed by atoms with Gasteiger partial charge in [0, 0.05) is 44.8 Å². The van der Waals surface area contributed by atoms with E-state index in [0.29, 0.717) is 5.92 Å². The normalized spacial score (nSPS) is 19.0. The second-order valence-corrected chi connectivity index (χ2v) is 8.36. The molecule has 0 N–H and O–H groups in total. The smallest absolute Gasteiger partial charge is 0.255 e. The summed E-state index contributed by atoms with van der Waals surface area (Å²) in [6.07, 6.45) is 2.46. The highest BCUT2D eigenvalue weighted by molar-refractivity contribution is 5.95. The van der Waals surface area contributed by atoms with Gasteiger partial charge in [-0.05, 0) is 37.3 Å². The molecule has 0 atom stereocenters. The van der Waals surface area contributed by atoms with Crippen LogP contribution in [-0.4, -0.2) is 67.1 Å². The maximum absolute atomic E-state index is 12.9. The van der Waals surface area contributed by atoms with Crippen LogP contribution < -0.4 is 0 Å². The van der Waals surface area contributed by atoms with Gasteiger partial charge in [0.15, 0.2) is 0 Å². The molecule has 5 nitrogen and oxygen atoms in total. The van der Waals surface area contributed by atoms with E-state index >= 15 is 0 Å². The van der Waals surface area contributed by atoms with Crippen molar-refractivity contribution < 1.29 is 9.53 Å². The molecule has 0 unspecified atom stereocenters. The molecule has 1 amide bonds. The van der Waals surface area contributed by atoms with Gasteiger partial charge >= 0.3 is 0 Å². The van der Waals surface area contributed by atoms with Crippen LogP contribution in [0.2, 0.25) is 0 Å². The molecule has 25 heavy (non-hydrogen) atoms. The van der Waals surface area contributed by atoms with Gasteiger partial charge in [-0.1, -0.05) is 13.8 Å². The van der Waals surface area contributed by atoms with Crippen LogP contribution in [0.3, 0.4) is 0 Å². The Balaban J connectivity index is 1.61. The highest BCUT2D eigenvalue weighted by Gasteiger charge is 2.29. The fourth-order valence-corrected chi connectivity index (χ4v) is 3.75. The summed E-state index contributed by atoms with van der Waals surface area (Å²) in [5.41, 5.74) is 2.77. The van der Waals surface area contributed by atoms with Crippen molar-refractivity contribution in [2.24, 2.45) is 5.41 Å². The van der Waals surface area contributed by atoms with Gasteiger partial charge in [-0.25, -0.2) is 0 Å². The van der Waals surface area contributed by atoms with Crippen molar-refractivity contribution in [2.75, 3.05) is 46.4 Å². The fourth-order valence-electron chi connectivity index (χ4n) is 3.75. The van der Waals surface area contributed by atoms with Crippen molar-refractivity contribution in [3.05, 3.63) is 29.1 Å². The summed E-state index contributed by atoms with van der Waals surface area (Å²) in [6.45, 7) is 11.7. The topological polar surface area (TPSA) is 45.7 Å². The van der Waals surface area contributed by atoms with E-state index in [-0.39, 0.29) is 11.3 Å². The Labute approximate surface area is 151 Å². The van der Waals surface area contributed by atoms with Crippen molar-refractivity contribution in [3.8, 4) is 0 Å². The molecule has 2 fully saturated rings. The van der Waals surface area contributed by atoms with Gasteiger partial charge in [0.05, 0.1) is 24.5 Å². The minimum absolute atomic E-state index is 0.0387. The summed E-state index contributed by atoms with van der Waals surface area (Å²) in [6, 6.07) is 3.99. The number of hydrogen-bond acceptors (Lipinski definition) is 4. The van der Waals surface area contributed by atoms with Crippen LogP contribution in [0.1, 0.15) is 54.4 Å². The Morgan fingerprint density at radius 3 is 2.60 bits per heavy atom. The maximum Gasteiger partial charge on any atom is 0.255 e. The zero-order valence-electron chi connectivity index (χ0n) is 16.0. The molecule has 138 valence electrons. The molecule has 1 aliphatic carbocycles. The summed E-state index contributed by atoms with van der Waals surface area (Å²) in [4.78, 5) is 21.8. The minimum atomic E-state index is 0.0387. The summed E-state index contributed by atoms with van der Waals surface area (Å²) >= 11 is 0. The molecule has 0 aromatic carbocycles. The average Bonchev–Trinajstić information content (AvgIpc) is 3.39. The Morgan fingerprint density at radius 2 is 2.00 bits per heavy atom. The third-order valence-electron chi connectivity index (χ3n) is 5.10. The molecule has 1 saturated carbocycles. The van der Waals surface area contributed by atoms with Gasteiger partial charge in [0.25, 0.3) is 5.91 Å². The Morgan fingerprint density at radius 1 is 1.32 bits per heavy atom. The van der Waals surface area contributed by atoms with Crippen LogP contribution in [0, 0.1) is 12.3 Å². The Bertz CT molecular complexity index is 619. The van der Waals surface area contributed by atoms with Gasteiger partial charge in [0.1, 0.15) is 0 Å². The average molecular weight is 345 g/mol. The lowest BCUT2D eigenvalue weighted by Crippen LogP contribution is -2.46. The summed E-state index contributed by atoms with van der Waals surface area (Å²) < 4.78 is 5.42. The first-order valence-electron chi connectivity index (χ1n) is 9.39. The van der Waals surface area contributed by atoms with E-state index < -0.39 is 0 Å². The van der Waals surface area contributed by atoms with Crippen LogP contribution in [0.4, 0.5) is 0 Å². The molecular formula is C20H31N3O2. The molecule has 1 aromatic rings. The van der Waals surface area contributed by atoms with Crippen molar-refractivity contribution in [2.45, 2.75) is 39.5 Å². The first kappa shape index (κ1) is 18.3. The number of rotatable bonds is 6. The number of nitrogens with zero attached hydrogens (tertiary/aromatic N) is 3. The number of ether oxygens (including phenoxy) is 1. The summed E-state index contributed by atoms with van der Waals surface area (Å²) in [7, 11) is 1.90. The zero-order chi connectivity index (χ0) is 18.0. The number of morpholine rings is 1. The largest absolute Gasteiger partial charge is 0.379 e. The quantitative estimate of drug-likeness (QED) is 0.795. The van der Waals surface area contributed by atoms with E-state index in [9.17, 15) is 4.79 Å². The van der Waals surface area contributed by atoms with Crippen molar-refractivity contribution in [1.82, 2.24) is 14.8 Å². The molecule has 1 saturated heterocycles. The van der Waals surface area contributed by atoms with Crippen LogP contribution in [0.15, 0.2) is 12.1 Å². The second-order valence-electron chi connectivity index (χ2n) is 8.36. The molecule has 0 bridgehead atoms. The van der Waals surface area contributed by atoms with Gasteiger partial charge < -0.3 is 9.64 Å². The standard InChI is InChI=1S/C20H31N3O2/c1-15-17(7-8-18(21-15)16-5-6-16)19(24)22(4)13-20(2,3)14-23-9-11-25-12-10-23/h7-8,16H,5-6,9-14H2,1-4H3. The van der Waals surface area contributed by atoms with Crippen LogP contribution in [0.5, 0.6) is 0 Å². The van der Waals surface area contributed by atoms with Gasteiger partial charge in [0.2, 0.25) is 0 Å². The number of hydrogen-bond donors (Lipinski definition) is 0. The van der Waals surface area contributed by atoms with Gasteiger partial charge in [-0.2, -0.15) is 0 Å². The van der Waals surface area contributed by atoms with E-state index in [0.717, 1.165) is 56.3 Å². The number of carbonyl (C=O) groups is 1. The molecule has 5 heteroatoms. The highest BCUT2D eigenvalue weighted by Crippen LogP contribution is 2.39. The summed E-state index contributed by atoms with van der Waals surface area (Å²) in [5, 5.41) is 0. The fraction of sp³-hybridized carbons (Fsp3) is 0.700. The highest BCUT2D eigenvalue weighted by atomic mass is 16.5. The molecule has 0 spiro atoms. The lowest BCUT2D eigenvalue weighted by atomic mass is 9.91. The van der Waals surface area contributed by atoms with Crippen LogP contribution >= 0.6 is 0 Å². The third kappa shape index (κ3) is 4.79. The first-order valence-corrected chi connectivity index (χ1v) is 9.39. The van der Waals surface area contributed by atoms with Crippen molar-refractivity contribution >= 4 is 5.91 Å². The molecule has 2 heterocycles. The lowest BCUT2D eigenvalue weighted by molar-refractivity contribution is 0.0163. The summed E-state index contributed by atoms with van der Waals surface area (Å²) in [5.74, 6) is 0.690. The third-order valence-corrected chi connectivity index (χ3v) is 5.10. The van der Waals surface area contributed by atoms with Gasteiger partial charge in [-0.3, -0.25) is 14.7 Å². The van der Waals surface area contributed by atoms with E-state index in [1.807, 2.05) is 31.0 Å². The molecular weight excluding hydrogens is 314 g/mol. The molecule has 3 rings (SSSR count). The predicted octanol–water partition coefficient (Wildman–Crippen LogP) is 2.70. The lowest BCUT2D eigenvalue weighted by Gasteiger charge is -2.37. The molecule has 0 radical (unpaired) electrons. The molecule has 2 aliphatic rings. The molecule has 1 aromatic heterocycles. The van der Waals surface area contributed by atoms with E-state index in [1.165, 1.54) is 12.8 Å². The Hall–Kier alpha value is -1.46. The maximum atomic E-state index is 12.9. The van der Waals surface area contributed by atoms with E-state index in [4.69, 9.17) is 4.74 Å². The number of aryl methyl sites for hydroxylation is 1. The monoisotopic (exact) mass is 345 g/mol. The SMILES string of the molecule is Cc1nc(C2CC2)ccc1C(=O)N(C)CC(C)(C)CN1CCOCC1.